The third-order valence-electron chi connectivity index (χ3n) is 4.77. The van der Waals surface area contributed by atoms with Crippen LogP contribution in [0, 0.1) is 5.92 Å². The highest BCUT2D eigenvalue weighted by Gasteiger charge is 2.37. The molecule has 0 aliphatic carbocycles. The van der Waals surface area contributed by atoms with Crippen LogP contribution >= 0.6 is 0 Å². The summed E-state index contributed by atoms with van der Waals surface area (Å²) in [5.41, 5.74) is 3.20. The molecule has 26 heavy (non-hydrogen) atoms. The van der Waals surface area contributed by atoms with Gasteiger partial charge in [-0.25, -0.2) is 4.90 Å². The van der Waals surface area contributed by atoms with Crippen LogP contribution in [0.3, 0.4) is 0 Å². The lowest BCUT2D eigenvalue weighted by Gasteiger charge is -2.19. The Labute approximate surface area is 152 Å². The normalized spacial score (nSPS) is 13.7. The van der Waals surface area contributed by atoms with Crippen LogP contribution in [0.25, 0.3) is 10.9 Å². The first-order valence-electron chi connectivity index (χ1n) is 8.92. The Morgan fingerprint density at radius 1 is 0.923 bits per heavy atom. The molecule has 4 nitrogen and oxygen atoms in total. The van der Waals surface area contributed by atoms with Crippen molar-refractivity contribution in [3.05, 3.63) is 71.4 Å². The van der Waals surface area contributed by atoms with Crippen molar-refractivity contribution in [3.63, 3.8) is 0 Å². The van der Waals surface area contributed by atoms with E-state index < -0.39 is 0 Å². The molecule has 1 aromatic heterocycles. The number of aromatic nitrogens is 1. The maximum Gasteiger partial charge on any atom is 0.266 e. The van der Waals surface area contributed by atoms with Crippen molar-refractivity contribution in [1.82, 2.24) is 4.98 Å². The molecular formula is C22H20N2O2. The van der Waals surface area contributed by atoms with E-state index in [2.05, 4.69) is 13.8 Å². The number of carbonyl (C=O) groups excluding carboxylic acids is 2. The van der Waals surface area contributed by atoms with E-state index in [0.717, 1.165) is 29.4 Å². The van der Waals surface area contributed by atoms with Crippen molar-refractivity contribution in [3.8, 4) is 0 Å². The first kappa shape index (κ1) is 16.5. The first-order valence-corrected chi connectivity index (χ1v) is 8.92. The van der Waals surface area contributed by atoms with E-state index in [9.17, 15) is 9.59 Å². The van der Waals surface area contributed by atoms with E-state index in [-0.39, 0.29) is 11.8 Å². The Balaban J connectivity index is 1.86. The van der Waals surface area contributed by atoms with E-state index in [1.807, 2.05) is 30.3 Å². The van der Waals surface area contributed by atoms with Crippen molar-refractivity contribution < 1.29 is 9.59 Å². The van der Waals surface area contributed by atoms with E-state index in [1.165, 1.54) is 4.90 Å². The topological polar surface area (TPSA) is 50.3 Å². The first-order chi connectivity index (χ1) is 12.6. The Hall–Kier alpha value is -3.01. The number of rotatable bonds is 4. The van der Waals surface area contributed by atoms with Gasteiger partial charge in [-0.2, -0.15) is 0 Å². The molecule has 4 rings (SSSR count). The van der Waals surface area contributed by atoms with Gasteiger partial charge in [0.15, 0.2) is 0 Å². The molecule has 0 saturated carbocycles. The second-order valence-corrected chi connectivity index (χ2v) is 7.07. The maximum absolute atomic E-state index is 12.9. The minimum Gasteiger partial charge on any atom is -0.268 e. The molecule has 2 heterocycles. The number of fused-ring (bicyclic) bond motifs is 2. The summed E-state index contributed by atoms with van der Waals surface area (Å²) in [4.78, 5) is 31.9. The van der Waals surface area contributed by atoms with Crippen LogP contribution in [0.5, 0.6) is 0 Å². The van der Waals surface area contributed by atoms with Gasteiger partial charge in [0.05, 0.1) is 28.0 Å². The summed E-state index contributed by atoms with van der Waals surface area (Å²) in [6.45, 7) is 4.31. The summed E-state index contributed by atoms with van der Waals surface area (Å²) in [5.74, 6) is -0.0275. The smallest absolute Gasteiger partial charge is 0.266 e. The largest absolute Gasteiger partial charge is 0.268 e. The summed E-state index contributed by atoms with van der Waals surface area (Å²) >= 11 is 0. The van der Waals surface area contributed by atoms with Gasteiger partial charge < -0.3 is 0 Å². The van der Waals surface area contributed by atoms with Crippen molar-refractivity contribution in [2.24, 2.45) is 5.92 Å². The minimum atomic E-state index is -0.270. The highest BCUT2D eigenvalue weighted by atomic mass is 16.2. The van der Waals surface area contributed by atoms with Gasteiger partial charge in [0.1, 0.15) is 0 Å². The Bertz CT molecular complexity index is 989. The molecule has 2 aromatic carbocycles. The number of amides is 2. The summed E-state index contributed by atoms with van der Waals surface area (Å²) in [5, 5.41) is 0.923. The zero-order valence-electron chi connectivity index (χ0n) is 14.9. The molecule has 130 valence electrons. The van der Waals surface area contributed by atoms with Crippen LogP contribution in [-0.4, -0.2) is 16.8 Å². The molecule has 0 radical (unpaired) electrons. The average Bonchev–Trinajstić information content (AvgIpc) is 2.90. The second kappa shape index (κ2) is 6.37. The molecule has 1 aliphatic rings. The van der Waals surface area contributed by atoms with Crippen LogP contribution in [-0.2, 0) is 6.42 Å². The number of pyridine rings is 1. The van der Waals surface area contributed by atoms with Crippen molar-refractivity contribution >= 4 is 28.4 Å². The Morgan fingerprint density at radius 3 is 2.19 bits per heavy atom. The number of imide groups is 1. The van der Waals surface area contributed by atoms with Gasteiger partial charge in [-0.05, 0) is 43.0 Å². The van der Waals surface area contributed by atoms with Crippen molar-refractivity contribution in [2.75, 3.05) is 4.90 Å². The molecule has 0 saturated heterocycles. The summed E-state index contributed by atoms with van der Waals surface area (Å²) in [7, 11) is 0. The van der Waals surface area contributed by atoms with Gasteiger partial charge in [-0.15, -0.1) is 0 Å². The molecule has 0 atom stereocenters. The fourth-order valence-electron chi connectivity index (χ4n) is 3.36. The van der Waals surface area contributed by atoms with Crippen LogP contribution in [0.15, 0.2) is 54.6 Å². The molecule has 1 aliphatic heterocycles. The third kappa shape index (κ3) is 2.68. The second-order valence-electron chi connectivity index (χ2n) is 7.07. The quantitative estimate of drug-likeness (QED) is 0.649. The van der Waals surface area contributed by atoms with Gasteiger partial charge >= 0.3 is 0 Å². The molecular weight excluding hydrogens is 324 g/mol. The number of hydrogen-bond acceptors (Lipinski definition) is 3. The van der Waals surface area contributed by atoms with E-state index >= 15 is 0 Å². The number of benzene rings is 2. The lowest BCUT2D eigenvalue weighted by Crippen LogP contribution is -2.30. The van der Waals surface area contributed by atoms with Gasteiger partial charge in [0.2, 0.25) is 0 Å². The number of para-hydroxylation sites is 1. The van der Waals surface area contributed by atoms with Crippen LogP contribution in [0.1, 0.15) is 46.7 Å². The maximum atomic E-state index is 12.9. The van der Waals surface area contributed by atoms with E-state index in [4.69, 9.17) is 4.98 Å². The molecule has 0 spiro atoms. The molecule has 4 heteroatoms. The summed E-state index contributed by atoms with van der Waals surface area (Å²) in [6.07, 6.45) is 1.67. The summed E-state index contributed by atoms with van der Waals surface area (Å²) < 4.78 is 0. The van der Waals surface area contributed by atoms with Gasteiger partial charge in [0.25, 0.3) is 11.8 Å². The Kier molecular flexibility index (Phi) is 4.03. The van der Waals surface area contributed by atoms with Crippen molar-refractivity contribution in [2.45, 2.75) is 26.7 Å². The van der Waals surface area contributed by atoms with Gasteiger partial charge in [-0.3, -0.25) is 14.6 Å². The lowest BCUT2D eigenvalue weighted by atomic mass is 10.0. The number of hydrogen-bond donors (Lipinski definition) is 0. The van der Waals surface area contributed by atoms with E-state index in [1.54, 1.807) is 24.3 Å². The molecule has 0 fully saturated rings. The predicted molar refractivity (Wildman–Crippen MR) is 102 cm³/mol. The molecule has 2 amide bonds. The minimum absolute atomic E-state index is 0.270. The monoisotopic (exact) mass is 344 g/mol. The summed E-state index contributed by atoms with van der Waals surface area (Å²) in [6, 6.07) is 16.7. The SMILES string of the molecule is CC(C)CCc1nc2ccccc2cc1N1C(=O)c2ccccc2C1=O. The van der Waals surface area contributed by atoms with Crippen LogP contribution < -0.4 is 4.90 Å². The predicted octanol–water partition coefficient (Wildman–Crippen LogP) is 4.62. The third-order valence-corrected chi connectivity index (χ3v) is 4.77. The average molecular weight is 344 g/mol. The standard InChI is InChI=1S/C22H20N2O2/c1-14(2)11-12-19-20(13-15-7-3-6-10-18(15)23-19)24-21(25)16-8-4-5-9-17(16)22(24)26/h3-10,13-14H,11-12H2,1-2H3. The zero-order valence-corrected chi connectivity index (χ0v) is 14.9. The Morgan fingerprint density at radius 2 is 1.54 bits per heavy atom. The fourth-order valence-corrected chi connectivity index (χ4v) is 3.36. The molecule has 0 unspecified atom stereocenters. The zero-order chi connectivity index (χ0) is 18.3. The highest BCUT2D eigenvalue weighted by Crippen LogP contribution is 2.33. The van der Waals surface area contributed by atoms with Gasteiger partial charge in [0, 0.05) is 5.39 Å². The van der Waals surface area contributed by atoms with Crippen molar-refractivity contribution in [1.29, 1.82) is 0 Å². The molecule has 3 aromatic rings. The lowest BCUT2D eigenvalue weighted by molar-refractivity contribution is 0.0925. The number of carbonyl (C=O) groups is 2. The number of anilines is 1. The van der Waals surface area contributed by atoms with Gasteiger partial charge in [-0.1, -0.05) is 44.2 Å². The highest BCUT2D eigenvalue weighted by molar-refractivity contribution is 6.34. The molecule has 0 N–H and O–H groups in total. The fraction of sp³-hybridized carbons (Fsp3) is 0.227. The number of nitrogens with zero attached hydrogens (tertiary/aromatic N) is 2. The molecule has 0 bridgehead atoms. The number of aryl methyl sites for hydroxylation is 1. The van der Waals surface area contributed by atoms with E-state index in [0.29, 0.717) is 22.7 Å². The van der Waals surface area contributed by atoms with Crippen LogP contribution in [0.4, 0.5) is 5.69 Å². The van der Waals surface area contributed by atoms with Crippen LogP contribution in [0.2, 0.25) is 0 Å².